The highest BCUT2D eigenvalue weighted by atomic mass is 79.9. The molecular weight excluding hydrogens is 480 g/mol. The molecule has 0 heterocycles. The van der Waals surface area contributed by atoms with E-state index >= 15 is 0 Å². The summed E-state index contributed by atoms with van der Waals surface area (Å²) in [6, 6.07) is 12.4. The van der Waals surface area contributed by atoms with Gasteiger partial charge in [0, 0.05) is 18.1 Å². The second kappa shape index (κ2) is 12.1. The Bertz CT molecular complexity index is 904. The fourth-order valence-corrected chi connectivity index (χ4v) is 3.69. The molecule has 0 aliphatic carbocycles. The Hall–Kier alpha value is -2.05. The number of ether oxygens (including phenoxy) is 1. The minimum absolute atomic E-state index is 0.184. The molecule has 0 bridgehead atoms. The fourth-order valence-electron chi connectivity index (χ4n) is 2.95. The van der Waals surface area contributed by atoms with E-state index in [4.69, 9.17) is 16.3 Å². The van der Waals surface area contributed by atoms with Gasteiger partial charge in [0.1, 0.15) is 11.8 Å². The monoisotopic (exact) mass is 508 g/mol. The first-order valence-electron chi connectivity index (χ1n) is 10.4. The number of rotatable bonds is 10. The lowest BCUT2D eigenvalue weighted by Crippen LogP contribution is -2.49. The van der Waals surface area contributed by atoms with Gasteiger partial charge in [0.05, 0.1) is 4.47 Å². The minimum Gasteiger partial charge on any atom is -0.483 e. The number of aryl methyl sites for hydroxylation is 1. The maximum absolute atomic E-state index is 13.1. The van der Waals surface area contributed by atoms with Crippen LogP contribution in [0.15, 0.2) is 46.9 Å². The Labute approximate surface area is 198 Å². The maximum Gasteiger partial charge on any atom is 0.261 e. The van der Waals surface area contributed by atoms with Crippen LogP contribution in [-0.4, -0.2) is 35.9 Å². The third kappa shape index (κ3) is 7.54. The van der Waals surface area contributed by atoms with Crippen LogP contribution < -0.4 is 10.1 Å². The molecule has 2 rings (SSSR count). The summed E-state index contributed by atoms with van der Waals surface area (Å²) in [6.07, 6.45) is 0.909. The normalized spacial score (nSPS) is 11.8. The van der Waals surface area contributed by atoms with Crippen molar-refractivity contribution < 1.29 is 14.3 Å². The molecule has 2 aromatic carbocycles. The van der Waals surface area contributed by atoms with Crippen LogP contribution in [0.4, 0.5) is 0 Å². The summed E-state index contributed by atoms with van der Waals surface area (Å²) >= 11 is 9.80. The van der Waals surface area contributed by atoms with Crippen molar-refractivity contribution in [1.29, 1.82) is 0 Å². The van der Waals surface area contributed by atoms with Crippen molar-refractivity contribution in [2.24, 2.45) is 5.92 Å². The largest absolute Gasteiger partial charge is 0.483 e. The van der Waals surface area contributed by atoms with E-state index in [0.717, 1.165) is 16.5 Å². The standard InChI is InChI=1S/C24H30BrClN2O3/c1-5-18-10-11-22(20(25)12-18)31-15-23(29)28(14-19-8-6-7-9-21(19)26)17(4)24(30)27-13-16(2)3/h6-12,16-17H,5,13-15H2,1-4H3,(H,27,30). The zero-order valence-corrected chi connectivity index (χ0v) is 20.8. The van der Waals surface area contributed by atoms with Crippen LogP contribution in [0.1, 0.15) is 38.8 Å². The molecule has 5 nitrogen and oxygen atoms in total. The van der Waals surface area contributed by atoms with Gasteiger partial charge in [-0.15, -0.1) is 0 Å². The molecule has 2 aromatic rings. The zero-order chi connectivity index (χ0) is 23.0. The molecule has 31 heavy (non-hydrogen) atoms. The number of nitrogens with zero attached hydrogens (tertiary/aromatic N) is 1. The lowest BCUT2D eigenvalue weighted by Gasteiger charge is -2.29. The van der Waals surface area contributed by atoms with Crippen molar-refractivity contribution in [2.45, 2.75) is 46.7 Å². The Balaban J connectivity index is 2.17. The van der Waals surface area contributed by atoms with Crippen LogP contribution >= 0.6 is 27.5 Å². The van der Waals surface area contributed by atoms with E-state index in [9.17, 15) is 9.59 Å². The van der Waals surface area contributed by atoms with Crippen molar-refractivity contribution in [1.82, 2.24) is 10.2 Å². The van der Waals surface area contributed by atoms with E-state index in [1.807, 2.05) is 50.2 Å². The van der Waals surface area contributed by atoms with Crippen molar-refractivity contribution in [2.75, 3.05) is 13.2 Å². The summed E-state index contributed by atoms with van der Waals surface area (Å²) < 4.78 is 6.56. The molecule has 1 unspecified atom stereocenters. The number of nitrogens with one attached hydrogen (secondary N) is 1. The molecule has 0 saturated carbocycles. The molecule has 1 atom stereocenters. The predicted molar refractivity (Wildman–Crippen MR) is 128 cm³/mol. The van der Waals surface area contributed by atoms with Gasteiger partial charge >= 0.3 is 0 Å². The molecule has 2 amide bonds. The van der Waals surface area contributed by atoms with Crippen molar-refractivity contribution >= 4 is 39.3 Å². The first kappa shape index (κ1) is 25.2. The van der Waals surface area contributed by atoms with Gasteiger partial charge in [-0.25, -0.2) is 0 Å². The number of hydrogen-bond donors (Lipinski definition) is 1. The Morgan fingerprint density at radius 1 is 1.16 bits per heavy atom. The van der Waals surface area contributed by atoms with E-state index in [0.29, 0.717) is 23.2 Å². The highest BCUT2D eigenvalue weighted by Gasteiger charge is 2.27. The van der Waals surface area contributed by atoms with Gasteiger partial charge in [-0.3, -0.25) is 9.59 Å². The van der Waals surface area contributed by atoms with E-state index < -0.39 is 6.04 Å². The molecule has 1 N–H and O–H groups in total. The quantitative estimate of drug-likeness (QED) is 0.477. The highest BCUT2D eigenvalue weighted by molar-refractivity contribution is 9.10. The number of carbonyl (C=O) groups excluding carboxylic acids is 2. The van der Waals surface area contributed by atoms with Crippen LogP contribution in [0.5, 0.6) is 5.75 Å². The third-order valence-corrected chi connectivity index (χ3v) is 5.89. The van der Waals surface area contributed by atoms with Crippen LogP contribution in [-0.2, 0) is 22.6 Å². The summed E-state index contributed by atoms with van der Waals surface area (Å²) in [5.74, 6) is 0.400. The molecule has 0 aliphatic rings. The predicted octanol–water partition coefficient (Wildman–Crippen LogP) is 5.23. The average Bonchev–Trinajstić information content (AvgIpc) is 2.75. The molecule has 0 fully saturated rings. The molecule has 0 aliphatic heterocycles. The second-order valence-electron chi connectivity index (χ2n) is 7.84. The minimum atomic E-state index is -0.669. The Kier molecular flexibility index (Phi) is 9.85. The summed E-state index contributed by atoms with van der Waals surface area (Å²) in [4.78, 5) is 27.3. The van der Waals surface area contributed by atoms with Gasteiger partial charge in [-0.1, -0.05) is 56.6 Å². The van der Waals surface area contributed by atoms with Crippen LogP contribution in [0.3, 0.4) is 0 Å². The highest BCUT2D eigenvalue weighted by Crippen LogP contribution is 2.26. The summed E-state index contributed by atoms with van der Waals surface area (Å²) in [5, 5.41) is 3.45. The van der Waals surface area contributed by atoms with Gasteiger partial charge in [0.25, 0.3) is 5.91 Å². The molecular formula is C24H30BrClN2O3. The topological polar surface area (TPSA) is 58.6 Å². The van der Waals surface area contributed by atoms with Crippen LogP contribution in [0.25, 0.3) is 0 Å². The first-order valence-corrected chi connectivity index (χ1v) is 11.6. The Morgan fingerprint density at radius 2 is 1.87 bits per heavy atom. The number of carbonyl (C=O) groups is 2. The van der Waals surface area contributed by atoms with E-state index in [2.05, 4.69) is 28.2 Å². The maximum atomic E-state index is 13.1. The molecule has 0 radical (unpaired) electrons. The van der Waals surface area contributed by atoms with Crippen molar-refractivity contribution in [3.8, 4) is 5.75 Å². The van der Waals surface area contributed by atoms with Gasteiger partial charge in [-0.2, -0.15) is 0 Å². The third-order valence-electron chi connectivity index (χ3n) is 4.91. The van der Waals surface area contributed by atoms with Gasteiger partial charge in [0.2, 0.25) is 5.91 Å². The number of hydrogen-bond acceptors (Lipinski definition) is 3. The molecule has 0 spiro atoms. The van der Waals surface area contributed by atoms with E-state index in [-0.39, 0.29) is 25.0 Å². The summed E-state index contributed by atoms with van der Waals surface area (Å²) in [7, 11) is 0. The molecule has 0 aromatic heterocycles. The van der Waals surface area contributed by atoms with Crippen LogP contribution in [0.2, 0.25) is 5.02 Å². The smallest absolute Gasteiger partial charge is 0.261 e. The average molecular weight is 510 g/mol. The Morgan fingerprint density at radius 3 is 2.48 bits per heavy atom. The SMILES string of the molecule is CCc1ccc(OCC(=O)N(Cc2ccccc2Cl)C(C)C(=O)NCC(C)C)c(Br)c1. The van der Waals surface area contributed by atoms with Crippen molar-refractivity contribution in [3.63, 3.8) is 0 Å². The summed E-state index contributed by atoms with van der Waals surface area (Å²) in [6.45, 7) is 8.41. The van der Waals surface area contributed by atoms with Crippen LogP contribution in [0, 0.1) is 5.92 Å². The zero-order valence-electron chi connectivity index (χ0n) is 18.5. The van der Waals surface area contributed by atoms with Gasteiger partial charge in [0.15, 0.2) is 6.61 Å². The summed E-state index contributed by atoms with van der Waals surface area (Å²) in [5.41, 5.74) is 1.94. The second-order valence-corrected chi connectivity index (χ2v) is 9.10. The molecule has 168 valence electrons. The molecule has 7 heteroatoms. The van der Waals surface area contributed by atoms with Crippen molar-refractivity contribution in [3.05, 3.63) is 63.1 Å². The first-order chi connectivity index (χ1) is 14.7. The lowest BCUT2D eigenvalue weighted by molar-refractivity contribution is -0.142. The number of benzene rings is 2. The van der Waals surface area contributed by atoms with E-state index in [1.165, 1.54) is 10.5 Å². The van der Waals surface area contributed by atoms with E-state index in [1.54, 1.807) is 13.0 Å². The number of halogens is 2. The molecule has 0 saturated heterocycles. The fraction of sp³-hybridized carbons (Fsp3) is 0.417. The number of amides is 2. The lowest BCUT2D eigenvalue weighted by atomic mass is 10.1. The van der Waals surface area contributed by atoms with Gasteiger partial charge in [-0.05, 0) is 64.5 Å². The van der Waals surface area contributed by atoms with Gasteiger partial charge < -0.3 is 15.0 Å².